The number of imidazole rings is 1. The van der Waals surface area contributed by atoms with E-state index in [4.69, 9.17) is 19.2 Å². The summed E-state index contributed by atoms with van der Waals surface area (Å²) in [6, 6.07) is 16.5. The Hall–Kier alpha value is -5.76. The summed E-state index contributed by atoms with van der Waals surface area (Å²) in [5, 5.41) is 2.71. The van der Waals surface area contributed by atoms with Crippen molar-refractivity contribution in [2.24, 2.45) is 0 Å². The summed E-state index contributed by atoms with van der Waals surface area (Å²) in [6.45, 7) is 10.6. The normalized spacial score (nSPS) is 16.6. The van der Waals surface area contributed by atoms with Gasteiger partial charge in [0.1, 0.15) is 46.6 Å². The van der Waals surface area contributed by atoms with E-state index in [1.54, 1.807) is 46.4 Å². The molecule has 0 radical (unpaired) electrons. The molecule has 11 nitrogen and oxygen atoms in total. The first kappa shape index (κ1) is 41.9. The van der Waals surface area contributed by atoms with Gasteiger partial charge in [0, 0.05) is 18.5 Å². The molecule has 5 aromatic rings. The number of H-pyrrole nitrogens is 1. The van der Waals surface area contributed by atoms with E-state index in [-0.39, 0.29) is 43.5 Å². The topological polar surface area (TPSA) is 136 Å². The Bertz CT molecular complexity index is 2160. The zero-order valence-electron chi connectivity index (χ0n) is 33.4. The third-order valence-electron chi connectivity index (χ3n) is 9.60. The molecule has 58 heavy (non-hydrogen) atoms. The summed E-state index contributed by atoms with van der Waals surface area (Å²) in [5.41, 5.74) is 1.28. The predicted octanol–water partition coefficient (Wildman–Crippen LogP) is 8.52. The van der Waals surface area contributed by atoms with Gasteiger partial charge < -0.3 is 24.5 Å². The fourth-order valence-electron chi connectivity index (χ4n) is 7.01. The molecule has 1 fully saturated rings. The molecule has 3 aromatic carbocycles. The van der Waals surface area contributed by atoms with Crippen LogP contribution in [0.15, 0.2) is 85.2 Å². The van der Waals surface area contributed by atoms with Crippen LogP contribution in [0, 0.1) is 17.5 Å². The van der Waals surface area contributed by atoms with Crippen LogP contribution in [-0.2, 0) is 31.8 Å². The molecule has 3 heterocycles. The number of para-hydroxylation sites is 2. The monoisotopic (exact) mass is 799 g/mol. The number of alkyl carbamates (subject to hydrolysis) is 1. The molecule has 0 aliphatic carbocycles. The Balaban J connectivity index is 1.26. The van der Waals surface area contributed by atoms with Crippen molar-refractivity contribution >= 4 is 29.0 Å². The fourth-order valence-corrected chi connectivity index (χ4v) is 7.01. The van der Waals surface area contributed by atoms with Gasteiger partial charge in [-0.2, -0.15) is 0 Å². The molecule has 0 saturated carbocycles. The van der Waals surface area contributed by atoms with Crippen LogP contribution in [0.4, 0.5) is 22.8 Å². The fraction of sp³-hybridized carbons (Fsp3) is 0.386. The molecule has 306 valence electrons. The number of halogens is 3. The highest BCUT2D eigenvalue weighted by Crippen LogP contribution is 2.33. The summed E-state index contributed by atoms with van der Waals surface area (Å²) in [6.07, 6.45) is 0.514. The van der Waals surface area contributed by atoms with E-state index in [1.807, 2.05) is 24.3 Å². The number of morpholine rings is 1. The maximum atomic E-state index is 15.7. The average Bonchev–Trinajstić information content (AvgIpc) is 3.58. The lowest BCUT2D eigenvalue weighted by molar-refractivity contribution is -0.120. The summed E-state index contributed by atoms with van der Waals surface area (Å²) in [5.74, 6) is -2.57. The molecular weight excluding hydrogens is 752 g/mol. The highest BCUT2D eigenvalue weighted by Gasteiger charge is 2.38. The molecule has 0 spiro atoms. The molecule has 2 aromatic heterocycles. The van der Waals surface area contributed by atoms with Crippen molar-refractivity contribution in [3.63, 3.8) is 0 Å². The summed E-state index contributed by atoms with van der Waals surface area (Å²) >= 11 is 0. The van der Waals surface area contributed by atoms with Crippen LogP contribution in [0.3, 0.4) is 0 Å². The number of hydrogen-bond acceptors (Lipinski definition) is 8. The van der Waals surface area contributed by atoms with Gasteiger partial charge in [-0.1, -0.05) is 36.4 Å². The molecule has 0 unspecified atom stereocenters. The number of aromatic amines is 1. The number of carbonyl (C=O) groups is 3. The molecule has 1 saturated heterocycles. The van der Waals surface area contributed by atoms with Crippen molar-refractivity contribution in [2.75, 3.05) is 13.2 Å². The van der Waals surface area contributed by atoms with Crippen molar-refractivity contribution in [3.8, 4) is 0 Å². The third-order valence-corrected chi connectivity index (χ3v) is 9.60. The van der Waals surface area contributed by atoms with Gasteiger partial charge in [-0.15, -0.1) is 0 Å². The minimum atomic E-state index is -1.32. The molecule has 2 amide bonds. The third kappa shape index (κ3) is 10.6. The minimum Gasteiger partial charge on any atom is -0.444 e. The number of aromatic nitrogens is 3. The maximum Gasteiger partial charge on any atom is 0.411 e. The second kappa shape index (κ2) is 17.4. The lowest BCUT2D eigenvalue weighted by atomic mass is 9.81. The Morgan fingerprint density at radius 2 is 1.50 bits per heavy atom. The van der Waals surface area contributed by atoms with Crippen LogP contribution >= 0.6 is 0 Å². The number of carbonyl (C=O) groups excluding carboxylic acids is 3. The quantitative estimate of drug-likeness (QED) is 0.136. The van der Waals surface area contributed by atoms with E-state index in [0.29, 0.717) is 17.0 Å². The number of amides is 2. The molecule has 1 aliphatic heterocycles. The highest BCUT2D eigenvalue weighted by atomic mass is 19.1. The van der Waals surface area contributed by atoms with E-state index in [2.05, 4.69) is 15.3 Å². The number of fused-ring (bicyclic) bond motifs is 1. The van der Waals surface area contributed by atoms with Crippen molar-refractivity contribution in [3.05, 3.63) is 131 Å². The first-order valence-corrected chi connectivity index (χ1v) is 19.1. The standard InChI is InChI=1S/C44H48F3N5O6/c1-43(2,3)57-41(54)51-39(38(26-11-15-29(45)16-12-26)27-13-17-30(46)18-14-27)37(53)21-28-22-48-23-33(47)32(28)20-19-31-24-52(42(55)58-44(4,5)6)36(25-56-31)40-49-34-9-7-8-10-35(34)50-40/h7-18,22-23,31,36,38-39H,19-21,24-25H2,1-6H3,(H,49,50)(H,51,54)/t31-,36+,39-/m1/s1. The number of nitrogens with one attached hydrogen (secondary N) is 2. The molecule has 0 bridgehead atoms. The van der Waals surface area contributed by atoms with Crippen LogP contribution in [0.2, 0.25) is 0 Å². The van der Waals surface area contributed by atoms with E-state index < -0.39 is 70.7 Å². The lowest BCUT2D eigenvalue weighted by Gasteiger charge is -2.39. The summed E-state index contributed by atoms with van der Waals surface area (Å²) in [4.78, 5) is 55.0. The number of pyridine rings is 1. The predicted molar refractivity (Wildman–Crippen MR) is 211 cm³/mol. The van der Waals surface area contributed by atoms with Crippen molar-refractivity contribution in [1.29, 1.82) is 0 Å². The van der Waals surface area contributed by atoms with Crippen LogP contribution in [-0.4, -0.2) is 74.3 Å². The Kier molecular flexibility index (Phi) is 12.6. The number of rotatable bonds is 11. The van der Waals surface area contributed by atoms with Gasteiger partial charge in [-0.3, -0.25) is 14.7 Å². The minimum absolute atomic E-state index is 0.0973. The first-order chi connectivity index (χ1) is 27.4. The smallest absolute Gasteiger partial charge is 0.411 e. The second-order valence-corrected chi connectivity index (χ2v) is 16.4. The zero-order chi connectivity index (χ0) is 41.8. The average molecular weight is 800 g/mol. The number of ketones is 1. The van der Waals surface area contributed by atoms with Crippen molar-refractivity contribution in [2.45, 2.75) is 96.1 Å². The molecule has 6 rings (SSSR count). The molecular formula is C44H48F3N5O6. The van der Waals surface area contributed by atoms with Crippen molar-refractivity contribution < 1.29 is 41.8 Å². The largest absolute Gasteiger partial charge is 0.444 e. The Morgan fingerprint density at radius 3 is 2.10 bits per heavy atom. The molecule has 3 atom stereocenters. The molecule has 1 aliphatic rings. The maximum absolute atomic E-state index is 15.7. The van der Waals surface area contributed by atoms with E-state index in [0.717, 1.165) is 17.2 Å². The molecule has 14 heteroatoms. The first-order valence-electron chi connectivity index (χ1n) is 19.1. The number of ether oxygens (including phenoxy) is 3. The van der Waals surface area contributed by atoms with Gasteiger partial charge in [-0.05, 0) is 113 Å². The van der Waals surface area contributed by atoms with E-state index in [1.165, 1.54) is 54.7 Å². The van der Waals surface area contributed by atoms with Crippen molar-refractivity contribution in [1.82, 2.24) is 25.2 Å². The van der Waals surface area contributed by atoms with Gasteiger partial charge >= 0.3 is 12.2 Å². The second-order valence-electron chi connectivity index (χ2n) is 16.4. The zero-order valence-corrected chi connectivity index (χ0v) is 33.4. The number of hydrogen-bond donors (Lipinski definition) is 2. The molecule has 2 N–H and O–H groups in total. The Labute approximate surface area is 335 Å². The number of nitrogens with zero attached hydrogens (tertiary/aromatic N) is 3. The van der Waals surface area contributed by atoms with Gasteiger partial charge in [0.05, 0.1) is 36.5 Å². The Morgan fingerprint density at radius 1 is 0.879 bits per heavy atom. The van der Waals surface area contributed by atoms with Crippen LogP contribution < -0.4 is 5.32 Å². The van der Waals surface area contributed by atoms with Gasteiger partial charge in [0.25, 0.3) is 0 Å². The van der Waals surface area contributed by atoms with Gasteiger partial charge in [-0.25, -0.2) is 27.7 Å². The van der Waals surface area contributed by atoms with Crippen LogP contribution in [0.25, 0.3) is 11.0 Å². The summed E-state index contributed by atoms with van der Waals surface area (Å²) < 4.78 is 61.5. The van der Waals surface area contributed by atoms with Gasteiger partial charge in [0.15, 0.2) is 5.78 Å². The lowest BCUT2D eigenvalue weighted by Crippen LogP contribution is -2.49. The van der Waals surface area contributed by atoms with Gasteiger partial charge in [0.2, 0.25) is 0 Å². The van der Waals surface area contributed by atoms with Crippen LogP contribution in [0.5, 0.6) is 0 Å². The van der Waals surface area contributed by atoms with Crippen LogP contribution in [0.1, 0.15) is 88.0 Å². The van der Waals surface area contributed by atoms with E-state index >= 15 is 4.39 Å². The van der Waals surface area contributed by atoms with E-state index in [9.17, 15) is 23.2 Å². The number of benzene rings is 3. The summed E-state index contributed by atoms with van der Waals surface area (Å²) in [7, 11) is 0. The number of Topliss-reactive ketones (excluding diaryl/α,β-unsaturated/α-hetero) is 1. The highest BCUT2D eigenvalue weighted by molar-refractivity contribution is 5.91. The SMILES string of the molecule is CC(C)(C)OC(=O)N[C@H](C(=O)Cc1cncc(F)c1CC[C@@H]1CN(C(=O)OC(C)(C)C)[C@H](c2nc3ccccc3[nH]2)CO1)C(c1ccc(F)cc1)c1ccc(F)cc1.